The molecule has 0 aliphatic rings. The highest BCUT2D eigenvalue weighted by Crippen LogP contribution is 2.27. The molecule has 0 aliphatic heterocycles. The third kappa shape index (κ3) is 5.33. The Bertz CT molecular complexity index is 1360. The van der Waals surface area contributed by atoms with Gasteiger partial charge in [0.1, 0.15) is 5.75 Å². The summed E-state index contributed by atoms with van der Waals surface area (Å²) in [6.45, 7) is 0.502. The minimum absolute atomic E-state index is 0.00576. The summed E-state index contributed by atoms with van der Waals surface area (Å²) in [4.78, 5) is 14.0. The minimum atomic E-state index is -3.75. The Morgan fingerprint density at radius 3 is 2.42 bits per heavy atom. The Morgan fingerprint density at radius 1 is 0.970 bits per heavy atom. The molecule has 3 aromatic carbocycles. The van der Waals surface area contributed by atoms with E-state index in [1.54, 1.807) is 48.8 Å². The molecule has 1 heterocycles. The average molecular weight is 482 g/mol. The van der Waals surface area contributed by atoms with E-state index in [9.17, 15) is 13.2 Å². The third-order valence-electron chi connectivity index (χ3n) is 5.04. The number of hydrogen-bond donors (Lipinski definition) is 3. The summed E-state index contributed by atoms with van der Waals surface area (Å²) < 4.78 is 33.5. The third-order valence-corrected chi connectivity index (χ3v) is 7.55. The van der Waals surface area contributed by atoms with E-state index < -0.39 is 15.9 Å². The molecule has 1 aromatic heterocycles. The van der Waals surface area contributed by atoms with E-state index in [0.717, 1.165) is 10.3 Å². The molecule has 0 fully saturated rings. The number of ether oxygens (including phenoxy) is 1. The summed E-state index contributed by atoms with van der Waals surface area (Å²) in [6.07, 6.45) is 0. The highest BCUT2D eigenvalue weighted by atomic mass is 32.2. The van der Waals surface area contributed by atoms with Crippen LogP contribution in [0.5, 0.6) is 5.75 Å². The number of rotatable bonds is 8. The van der Waals surface area contributed by atoms with Gasteiger partial charge in [0, 0.05) is 33.1 Å². The molecule has 0 radical (unpaired) electrons. The molecule has 3 N–H and O–H groups in total. The zero-order chi connectivity index (χ0) is 23.4. The van der Waals surface area contributed by atoms with E-state index in [4.69, 9.17) is 4.74 Å². The lowest BCUT2D eigenvalue weighted by molar-refractivity contribution is 0.102. The lowest BCUT2D eigenvalue weighted by atomic mass is 10.1. The molecule has 4 aromatic rings. The van der Waals surface area contributed by atoms with Gasteiger partial charge in [-0.2, -0.15) is 0 Å². The quantitative estimate of drug-likeness (QED) is 0.340. The molecule has 0 atom stereocenters. The molecule has 9 heteroatoms. The summed E-state index contributed by atoms with van der Waals surface area (Å²) in [7, 11) is -0.845. The van der Waals surface area contributed by atoms with Crippen LogP contribution in [0.3, 0.4) is 0 Å². The molecule has 0 spiro atoms. The Balaban J connectivity index is 1.59. The monoisotopic (exact) mass is 481 g/mol. The van der Waals surface area contributed by atoms with Crippen LogP contribution in [-0.4, -0.2) is 28.5 Å². The van der Waals surface area contributed by atoms with Crippen molar-refractivity contribution in [2.75, 3.05) is 24.8 Å². The van der Waals surface area contributed by atoms with Crippen LogP contribution in [0.15, 0.2) is 77.7 Å². The molecule has 0 bridgehead atoms. The van der Waals surface area contributed by atoms with Gasteiger partial charge in [-0.25, -0.2) is 13.1 Å². The largest absolute Gasteiger partial charge is 0.497 e. The Labute approximate surface area is 196 Å². The highest BCUT2D eigenvalue weighted by molar-refractivity contribution is 7.89. The maximum Gasteiger partial charge on any atom is 0.255 e. The van der Waals surface area contributed by atoms with E-state index in [1.807, 2.05) is 12.1 Å². The predicted octanol–water partition coefficient (Wildman–Crippen LogP) is 4.68. The van der Waals surface area contributed by atoms with Gasteiger partial charge in [-0.05, 0) is 67.0 Å². The zero-order valence-corrected chi connectivity index (χ0v) is 19.7. The SMILES string of the molecule is CNS(=O)(=O)c1cc(NCc2cc3ccccc3s2)cc(C(=O)Nc2ccc(OC)cc2)c1. The van der Waals surface area contributed by atoms with Gasteiger partial charge >= 0.3 is 0 Å². The zero-order valence-electron chi connectivity index (χ0n) is 18.1. The maximum absolute atomic E-state index is 12.9. The van der Waals surface area contributed by atoms with Crippen molar-refractivity contribution in [3.8, 4) is 5.75 Å². The van der Waals surface area contributed by atoms with E-state index in [2.05, 4.69) is 33.6 Å². The van der Waals surface area contributed by atoms with Crippen molar-refractivity contribution in [1.29, 1.82) is 0 Å². The van der Waals surface area contributed by atoms with Gasteiger partial charge in [0.25, 0.3) is 5.91 Å². The van der Waals surface area contributed by atoms with Crippen molar-refractivity contribution < 1.29 is 17.9 Å². The van der Waals surface area contributed by atoms with Crippen LogP contribution in [0, 0.1) is 0 Å². The van der Waals surface area contributed by atoms with Gasteiger partial charge in [0.2, 0.25) is 10.0 Å². The second-order valence-electron chi connectivity index (χ2n) is 7.24. The Hall–Kier alpha value is -3.40. The number of hydrogen-bond acceptors (Lipinski definition) is 6. The van der Waals surface area contributed by atoms with Gasteiger partial charge in [-0.15, -0.1) is 11.3 Å². The van der Waals surface area contributed by atoms with E-state index in [1.165, 1.54) is 23.9 Å². The number of carbonyl (C=O) groups excluding carboxylic acids is 1. The number of sulfonamides is 1. The number of methoxy groups -OCH3 is 1. The fourth-order valence-electron chi connectivity index (χ4n) is 3.30. The molecule has 0 saturated heterocycles. The van der Waals surface area contributed by atoms with Crippen molar-refractivity contribution in [1.82, 2.24) is 4.72 Å². The average Bonchev–Trinajstić information content (AvgIpc) is 3.26. The van der Waals surface area contributed by atoms with E-state index in [-0.39, 0.29) is 10.5 Å². The first kappa shape index (κ1) is 22.8. The van der Waals surface area contributed by atoms with Crippen molar-refractivity contribution >= 4 is 48.7 Å². The Kier molecular flexibility index (Phi) is 6.64. The molecule has 33 heavy (non-hydrogen) atoms. The number of nitrogens with one attached hydrogen (secondary N) is 3. The standard InChI is InChI=1S/C24H23N3O4S2/c1-25-33(29,30)22-13-17(24(28)27-18-7-9-20(31-2)10-8-18)11-19(14-22)26-15-21-12-16-5-3-4-6-23(16)32-21/h3-14,25-26H,15H2,1-2H3,(H,27,28). The first-order chi connectivity index (χ1) is 15.9. The number of fused-ring (bicyclic) bond motifs is 1. The fourth-order valence-corrected chi connectivity index (χ4v) is 5.10. The fraction of sp³-hybridized carbons (Fsp3) is 0.125. The molecule has 0 unspecified atom stereocenters. The summed E-state index contributed by atoms with van der Waals surface area (Å²) in [5.41, 5.74) is 1.33. The second kappa shape index (κ2) is 9.62. The maximum atomic E-state index is 12.9. The van der Waals surface area contributed by atoms with Crippen LogP contribution in [0.4, 0.5) is 11.4 Å². The number of amides is 1. The molecular weight excluding hydrogens is 458 g/mol. The molecule has 1 amide bonds. The first-order valence-electron chi connectivity index (χ1n) is 10.1. The number of anilines is 2. The van der Waals surface area contributed by atoms with Gasteiger partial charge in [-0.3, -0.25) is 4.79 Å². The molecule has 170 valence electrons. The van der Waals surface area contributed by atoms with Crippen LogP contribution in [0.2, 0.25) is 0 Å². The molecule has 7 nitrogen and oxygen atoms in total. The van der Waals surface area contributed by atoms with Crippen LogP contribution in [0.25, 0.3) is 10.1 Å². The van der Waals surface area contributed by atoms with Gasteiger partial charge in [0.05, 0.1) is 12.0 Å². The smallest absolute Gasteiger partial charge is 0.255 e. The second-order valence-corrected chi connectivity index (χ2v) is 10.3. The molecule has 0 aliphatic carbocycles. The topological polar surface area (TPSA) is 96.5 Å². The van der Waals surface area contributed by atoms with Crippen LogP contribution < -0.4 is 20.1 Å². The number of benzene rings is 3. The number of carbonyl (C=O) groups is 1. The first-order valence-corrected chi connectivity index (χ1v) is 12.4. The molecule has 4 rings (SSSR count). The van der Waals surface area contributed by atoms with Crippen LogP contribution in [0.1, 0.15) is 15.2 Å². The van der Waals surface area contributed by atoms with Crippen LogP contribution >= 0.6 is 11.3 Å². The van der Waals surface area contributed by atoms with Crippen molar-refractivity contribution in [2.45, 2.75) is 11.4 Å². The van der Waals surface area contributed by atoms with Crippen LogP contribution in [-0.2, 0) is 16.6 Å². The lowest BCUT2D eigenvalue weighted by Crippen LogP contribution is -2.20. The highest BCUT2D eigenvalue weighted by Gasteiger charge is 2.17. The van der Waals surface area contributed by atoms with Crippen molar-refractivity contribution in [3.63, 3.8) is 0 Å². The normalized spacial score (nSPS) is 11.3. The summed E-state index contributed by atoms with van der Waals surface area (Å²) >= 11 is 1.66. The van der Waals surface area contributed by atoms with Crippen molar-refractivity contribution in [3.05, 3.63) is 83.2 Å². The predicted molar refractivity (Wildman–Crippen MR) is 133 cm³/mol. The molecule has 0 saturated carbocycles. The van der Waals surface area contributed by atoms with Crippen molar-refractivity contribution in [2.24, 2.45) is 0 Å². The van der Waals surface area contributed by atoms with Gasteiger partial charge in [0.15, 0.2) is 0 Å². The molecular formula is C24H23N3O4S2. The Morgan fingerprint density at radius 2 is 1.73 bits per heavy atom. The number of thiophene rings is 1. The van der Waals surface area contributed by atoms with Gasteiger partial charge < -0.3 is 15.4 Å². The summed E-state index contributed by atoms with van der Waals surface area (Å²) in [5, 5.41) is 7.20. The van der Waals surface area contributed by atoms with E-state index >= 15 is 0 Å². The van der Waals surface area contributed by atoms with E-state index in [0.29, 0.717) is 23.7 Å². The summed E-state index contributed by atoms with van der Waals surface area (Å²) in [5.74, 6) is 0.251. The minimum Gasteiger partial charge on any atom is -0.497 e. The van der Waals surface area contributed by atoms with Gasteiger partial charge in [-0.1, -0.05) is 18.2 Å². The summed E-state index contributed by atoms with van der Waals surface area (Å²) in [6, 6.07) is 21.6. The lowest BCUT2D eigenvalue weighted by Gasteiger charge is -2.12.